The van der Waals surface area contributed by atoms with E-state index in [-0.39, 0.29) is 5.41 Å². The fraction of sp³-hybridized carbons (Fsp3) is 0.909. The van der Waals surface area contributed by atoms with Crippen molar-refractivity contribution in [1.29, 1.82) is 0 Å². The molecule has 0 atom stereocenters. The third-order valence-corrected chi connectivity index (χ3v) is 3.85. The lowest BCUT2D eigenvalue weighted by molar-refractivity contribution is -0.145. The molecule has 0 aromatic rings. The molecule has 13 heavy (non-hydrogen) atoms. The van der Waals surface area contributed by atoms with Crippen LogP contribution < -0.4 is 0 Å². The van der Waals surface area contributed by atoms with Crippen molar-refractivity contribution in [3.8, 4) is 0 Å². The Morgan fingerprint density at radius 1 is 1.08 bits per heavy atom. The van der Waals surface area contributed by atoms with Gasteiger partial charge in [-0.2, -0.15) is 0 Å². The SMILES string of the molecule is O=C(O)C1(C2CCCCCC2)CC1. The molecule has 74 valence electrons. The molecule has 2 nitrogen and oxygen atoms in total. The van der Waals surface area contributed by atoms with Gasteiger partial charge in [-0.1, -0.05) is 25.7 Å². The molecule has 2 aliphatic carbocycles. The molecular formula is C11H18O2. The molecule has 0 radical (unpaired) electrons. The zero-order chi connectivity index (χ0) is 9.31. The Kier molecular flexibility index (Phi) is 2.31. The molecule has 0 amide bonds. The molecule has 0 aromatic heterocycles. The van der Waals surface area contributed by atoms with Crippen molar-refractivity contribution in [3.05, 3.63) is 0 Å². The Balaban J connectivity index is 2.02. The molecule has 0 bridgehead atoms. The Morgan fingerprint density at radius 3 is 2.00 bits per heavy atom. The summed E-state index contributed by atoms with van der Waals surface area (Å²) in [5, 5.41) is 9.15. The van der Waals surface area contributed by atoms with Crippen LogP contribution in [0.5, 0.6) is 0 Å². The highest BCUT2D eigenvalue weighted by Crippen LogP contribution is 2.56. The molecule has 0 unspecified atom stereocenters. The highest BCUT2D eigenvalue weighted by atomic mass is 16.4. The summed E-state index contributed by atoms with van der Waals surface area (Å²) < 4.78 is 0. The summed E-state index contributed by atoms with van der Waals surface area (Å²) in [5.74, 6) is -0.0353. The predicted octanol–water partition coefficient (Wildman–Crippen LogP) is 2.82. The van der Waals surface area contributed by atoms with Gasteiger partial charge in [0.25, 0.3) is 0 Å². The van der Waals surface area contributed by atoms with Crippen molar-refractivity contribution >= 4 is 5.97 Å². The lowest BCUT2D eigenvalue weighted by atomic mass is 9.83. The second-order valence-corrected chi connectivity index (χ2v) is 4.65. The van der Waals surface area contributed by atoms with Gasteiger partial charge in [-0.15, -0.1) is 0 Å². The van der Waals surface area contributed by atoms with Gasteiger partial charge in [0.05, 0.1) is 5.41 Å². The van der Waals surface area contributed by atoms with Crippen LogP contribution in [-0.4, -0.2) is 11.1 Å². The summed E-state index contributed by atoms with van der Waals surface area (Å²) >= 11 is 0. The summed E-state index contributed by atoms with van der Waals surface area (Å²) in [4.78, 5) is 11.1. The Labute approximate surface area is 79.3 Å². The minimum Gasteiger partial charge on any atom is -0.481 e. The second kappa shape index (κ2) is 3.32. The number of carboxylic acid groups (broad SMARTS) is 1. The Morgan fingerprint density at radius 2 is 1.62 bits per heavy atom. The fourth-order valence-corrected chi connectivity index (χ4v) is 2.76. The van der Waals surface area contributed by atoms with E-state index in [1.807, 2.05) is 0 Å². The Bertz CT molecular complexity index is 198. The van der Waals surface area contributed by atoms with Gasteiger partial charge in [-0.3, -0.25) is 4.79 Å². The number of carboxylic acids is 1. The first-order valence-corrected chi connectivity index (χ1v) is 5.49. The van der Waals surface area contributed by atoms with E-state index in [1.54, 1.807) is 0 Å². The van der Waals surface area contributed by atoms with Crippen molar-refractivity contribution in [2.75, 3.05) is 0 Å². The molecular weight excluding hydrogens is 164 g/mol. The summed E-state index contributed by atoms with van der Waals surface area (Å²) in [5.41, 5.74) is -0.273. The zero-order valence-electron chi connectivity index (χ0n) is 8.09. The number of carbonyl (C=O) groups is 1. The van der Waals surface area contributed by atoms with E-state index >= 15 is 0 Å². The van der Waals surface area contributed by atoms with Gasteiger partial charge >= 0.3 is 5.97 Å². The second-order valence-electron chi connectivity index (χ2n) is 4.65. The standard InChI is InChI=1S/C11H18O2/c12-10(13)11(7-8-11)9-5-3-1-2-4-6-9/h9H,1-8H2,(H,12,13). The van der Waals surface area contributed by atoms with Gasteiger partial charge in [0.1, 0.15) is 0 Å². The number of hydrogen-bond donors (Lipinski definition) is 1. The van der Waals surface area contributed by atoms with Crippen LogP contribution in [0, 0.1) is 11.3 Å². The van der Waals surface area contributed by atoms with Gasteiger partial charge in [-0.25, -0.2) is 0 Å². The fourth-order valence-electron chi connectivity index (χ4n) is 2.76. The van der Waals surface area contributed by atoms with Crippen LogP contribution in [0.2, 0.25) is 0 Å². The summed E-state index contributed by atoms with van der Waals surface area (Å²) in [6.07, 6.45) is 9.32. The molecule has 0 aliphatic heterocycles. The molecule has 0 heterocycles. The van der Waals surface area contributed by atoms with Crippen LogP contribution in [0.15, 0.2) is 0 Å². The van der Waals surface area contributed by atoms with Crippen molar-refractivity contribution in [1.82, 2.24) is 0 Å². The smallest absolute Gasteiger partial charge is 0.309 e. The van der Waals surface area contributed by atoms with Gasteiger partial charge in [0, 0.05) is 0 Å². The summed E-state index contributed by atoms with van der Waals surface area (Å²) in [7, 11) is 0. The summed E-state index contributed by atoms with van der Waals surface area (Å²) in [6, 6.07) is 0. The Hall–Kier alpha value is -0.530. The van der Waals surface area contributed by atoms with Crippen LogP contribution in [0.3, 0.4) is 0 Å². The highest BCUT2D eigenvalue weighted by Gasteiger charge is 2.55. The van der Waals surface area contributed by atoms with Crippen molar-refractivity contribution in [3.63, 3.8) is 0 Å². The average Bonchev–Trinajstić information content (AvgIpc) is 2.90. The van der Waals surface area contributed by atoms with Crippen LogP contribution >= 0.6 is 0 Å². The number of hydrogen-bond acceptors (Lipinski definition) is 1. The molecule has 2 heteroatoms. The van der Waals surface area contributed by atoms with E-state index in [1.165, 1.54) is 25.7 Å². The maximum atomic E-state index is 11.1. The van der Waals surface area contributed by atoms with Crippen LogP contribution in [0.4, 0.5) is 0 Å². The maximum Gasteiger partial charge on any atom is 0.309 e. The molecule has 1 N–H and O–H groups in total. The zero-order valence-corrected chi connectivity index (χ0v) is 8.09. The number of rotatable bonds is 2. The van der Waals surface area contributed by atoms with Crippen molar-refractivity contribution in [2.45, 2.75) is 51.4 Å². The third kappa shape index (κ3) is 1.59. The largest absolute Gasteiger partial charge is 0.481 e. The van der Waals surface area contributed by atoms with E-state index < -0.39 is 5.97 Å². The van der Waals surface area contributed by atoms with Crippen LogP contribution in [0.1, 0.15) is 51.4 Å². The molecule has 2 aliphatic rings. The molecule has 0 saturated heterocycles. The minimum absolute atomic E-state index is 0.273. The first-order chi connectivity index (χ1) is 6.26. The van der Waals surface area contributed by atoms with Gasteiger partial charge < -0.3 is 5.11 Å². The predicted molar refractivity (Wildman–Crippen MR) is 50.5 cm³/mol. The van der Waals surface area contributed by atoms with Gasteiger partial charge in [0.2, 0.25) is 0 Å². The van der Waals surface area contributed by atoms with E-state index in [2.05, 4.69) is 0 Å². The molecule has 2 fully saturated rings. The van der Waals surface area contributed by atoms with E-state index in [0.29, 0.717) is 5.92 Å². The highest BCUT2D eigenvalue weighted by molar-refractivity contribution is 5.78. The summed E-state index contributed by atoms with van der Waals surface area (Å²) in [6.45, 7) is 0. The first kappa shape index (κ1) is 9.04. The average molecular weight is 182 g/mol. The third-order valence-electron chi connectivity index (χ3n) is 3.85. The van der Waals surface area contributed by atoms with Crippen molar-refractivity contribution in [2.24, 2.45) is 11.3 Å². The number of aliphatic carboxylic acids is 1. The lowest BCUT2D eigenvalue weighted by Gasteiger charge is -2.21. The van der Waals surface area contributed by atoms with Gasteiger partial charge in [0.15, 0.2) is 0 Å². The minimum atomic E-state index is -0.528. The van der Waals surface area contributed by atoms with Crippen molar-refractivity contribution < 1.29 is 9.90 Å². The van der Waals surface area contributed by atoms with Gasteiger partial charge in [-0.05, 0) is 31.6 Å². The molecule has 2 saturated carbocycles. The van der Waals surface area contributed by atoms with Crippen LogP contribution in [-0.2, 0) is 4.79 Å². The normalized spacial score (nSPS) is 28.0. The first-order valence-electron chi connectivity index (χ1n) is 5.49. The topological polar surface area (TPSA) is 37.3 Å². The molecule has 0 aromatic carbocycles. The lowest BCUT2D eigenvalue weighted by Crippen LogP contribution is -2.24. The van der Waals surface area contributed by atoms with E-state index in [0.717, 1.165) is 25.7 Å². The molecule has 2 rings (SSSR count). The quantitative estimate of drug-likeness (QED) is 0.667. The monoisotopic (exact) mass is 182 g/mol. The maximum absolute atomic E-state index is 11.1. The van der Waals surface area contributed by atoms with Crippen LogP contribution in [0.25, 0.3) is 0 Å². The van der Waals surface area contributed by atoms with E-state index in [4.69, 9.17) is 5.11 Å². The van der Waals surface area contributed by atoms with E-state index in [9.17, 15) is 4.79 Å². The molecule has 0 spiro atoms.